The molecular weight excluding hydrogens is 236 g/mol. The van der Waals surface area contributed by atoms with Gasteiger partial charge in [-0.25, -0.2) is 0 Å². The summed E-state index contributed by atoms with van der Waals surface area (Å²) >= 11 is 0. The Kier molecular flexibility index (Phi) is 3.76. The number of nitrogens with zero attached hydrogens (tertiary/aromatic N) is 1. The van der Waals surface area contributed by atoms with Crippen LogP contribution in [0, 0.1) is 0 Å². The molecule has 3 nitrogen and oxygen atoms in total. The van der Waals surface area contributed by atoms with Crippen molar-refractivity contribution >= 4 is 0 Å². The zero-order valence-electron chi connectivity index (χ0n) is 11.8. The van der Waals surface area contributed by atoms with Crippen molar-refractivity contribution in [2.45, 2.75) is 37.8 Å². The minimum absolute atomic E-state index is 0.429. The molecule has 2 fully saturated rings. The minimum Gasteiger partial charge on any atom is -0.497 e. The molecule has 3 heteroatoms. The van der Waals surface area contributed by atoms with Gasteiger partial charge in [0.05, 0.1) is 7.11 Å². The molecule has 1 N–H and O–H groups in total. The van der Waals surface area contributed by atoms with Gasteiger partial charge in [0.2, 0.25) is 0 Å². The fraction of sp³-hybridized carbons (Fsp3) is 0.625. The molecule has 0 radical (unpaired) electrons. The smallest absolute Gasteiger partial charge is 0.118 e. The van der Waals surface area contributed by atoms with Crippen LogP contribution in [0.15, 0.2) is 24.3 Å². The molecule has 1 aliphatic heterocycles. The molecule has 0 aromatic heterocycles. The molecule has 1 aromatic carbocycles. The lowest BCUT2D eigenvalue weighted by Crippen LogP contribution is -2.59. The average Bonchev–Trinajstić information content (AvgIpc) is 2.92. The lowest BCUT2D eigenvalue weighted by molar-refractivity contribution is 0.0572. The van der Waals surface area contributed by atoms with Gasteiger partial charge in [-0.05, 0) is 30.5 Å². The summed E-state index contributed by atoms with van der Waals surface area (Å²) in [6.07, 6.45) is 5.49. The summed E-state index contributed by atoms with van der Waals surface area (Å²) in [7, 11) is 1.72. The summed E-state index contributed by atoms with van der Waals surface area (Å²) in [5.41, 5.74) is 1.83. The molecule has 19 heavy (non-hydrogen) atoms. The standard InChI is InChI=1S/C16H24N2O/c1-19-15-6-4-14(5-7-15)12-18-11-10-17-13-16(18)8-2-3-9-16/h4-7,17H,2-3,8-13H2,1H3. The molecule has 1 heterocycles. The Balaban J connectivity index is 1.72. The highest BCUT2D eigenvalue weighted by molar-refractivity contribution is 5.27. The van der Waals surface area contributed by atoms with Crippen LogP contribution in [0.1, 0.15) is 31.2 Å². The Labute approximate surface area is 115 Å². The zero-order valence-corrected chi connectivity index (χ0v) is 11.8. The summed E-state index contributed by atoms with van der Waals surface area (Å²) in [6, 6.07) is 8.53. The molecule has 2 aliphatic rings. The Morgan fingerprint density at radius 1 is 1.21 bits per heavy atom. The molecule has 0 bridgehead atoms. The van der Waals surface area contributed by atoms with Crippen LogP contribution < -0.4 is 10.1 Å². The average molecular weight is 260 g/mol. The van der Waals surface area contributed by atoms with Crippen LogP contribution >= 0.6 is 0 Å². The zero-order chi connectivity index (χ0) is 13.1. The number of methoxy groups -OCH3 is 1. The summed E-state index contributed by atoms with van der Waals surface area (Å²) in [6.45, 7) is 4.54. The lowest BCUT2D eigenvalue weighted by atomic mass is 9.92. The third-order valence-electron chi connectivity index (χ3n) is 4.75. The van der Waals surface area contributed by atoms with Crippen molar-refractivity contribution in [3.05, 3.63) is 29.8 Å². The SMILES string of the molecule is COc1ccc(CN2CCNCC23CCCC3)cc1. The number of benzene rings is 1. The number of nitrogens with one attached hydrogen (secondary N) is 1. The third-order valence-corrected chi connectivity index (χ3v) is 4.75. The molecule has 1 saturated heterocycles. The molecule has 0 atom stereocenters. The molecule has 1 spiro atoms. The lowest BCUT2D eigenvalue weighted by Gasteiger charge is -2.45. The van der Waals surface area contributed by atoms with Gasteiger partial charge in [0.1, 0.15) is 5.75 Å². The summed E-state index contributed by atoms with van der Waals surface area (Å²) < 4.78 is 5.23. The van der Waals surface area contributed by atoms with Gasteiger partial charge >= 0.3 is 0 Å². The second-order valence-corrected chi connectivity index (χ2v) is 5.88. The van der Waals surface area contributed by atoms with Crippen LogP contribution in [0.4, 0.5) is 0 Å². The first kappa shape index (κ1) is 12.9. The first-order valence-electron chi connectivity index (χ1n) is 7.41. The van der Waals surface area contributed by atoms with Gasteiger partial charge in [-0.1, -0.05) is 25.0 Å². The van der Waals surface area contributed by atoms with Crippen molar-refractivity contribution in [1.29, 1.82) is 0 Å². The van der Waals surface area contributed by atoms with E-state index in [1.54, 1.807) is 7.11 Å². The van der Waals surface area contributed by atoms with E-state index in [1.807, 2.05) is 0 Å². The fourth-order valence-corrected chi connectivity index (χ4v) is 3.61. The quantitative estimate of drug-likeness (QED) is 0.903. The van der Waals surface area contributed by atoms with Crippen molar-refractivity contribution in [2.24, 2.45) is 0 Å². The van der Waals surface area contributed by atoms with Crippen LogP contribution in [0.3, 0.4) is 0 Å². The highest BCUT2D eigenvalue weighted by Gasteiger charge is 2.40. The fourth-order valence-electron chi connectivity index (χ4n) is 3.61. The van der Waals surface area contributed by atoms with Crippen molar-refractivity contribution in [3.63, 3.8) is 0 Å². The maximum absolute atomic E-state index is 5.23. The summed E-state index contributed by atoms with van der Waals surface area (Å²) in [4.78, 5) is 2.71. The van der Waals surface area contributed by atoms with Crippen LogP contribution in [0.25, 0.3) is 0 Å². The van der Waals surface area contributed by atoms with Gasteiger partial charge in [-0.3, -0.25) is 4.90 Å². The number of rotatable bonds is 3. The van der Waals surface area contributed by atoms with Crippen LogP contribution in [0.5, 0.6) is 5.75 Å². The van der Waals surface area contributed by atoms with E-state index < -0.39 is 0 Å². The Morgan fingerprint density at radius 3 is 2.63 bits per heavy atom. The number of hydrogen-bond donors (Lipinski definition) is 1. The molecule has 104 valence electrons. The van der Waals surface area contributed by atoms with Crippen molar-refractivity contribution in [2.75, 3.05) is 26.7 Å². The second-order valence-electron chi connectivity index (χ2n) is 5.88. The van der Waals surface area contributed by atoms with Crippen molar-refractivity contribution in [3.8, 4) is 5.75 Å². The van der Waals surface area contributed by atoms with E-state index in [4.69, 9.17) is 4.74 Å². The maximum Gasteiger partial charge on any atom is 0.118 e. The number of hydrogen-bond acceptors (Lipinski definition) is 3. The normalized spacial score (nSPS) is 22.8. The van der Waals surface area contributed by atoms with E-state index in [2.05, 4.69) is 34.5 Å². The second kappa shape index (κ2) is 5.51. The predicted octanol–water partition coefficient (Wildman–Crippen LogP) is 2.41. The number of piperazine rings is 1. The first-order valence-corrected chi connectivity index (χ1v) is 7.41. The van der Waals surface area contributed by atoms with Crippen LogP contribution in [0.2, 0.25) is 0 Å². The van der Waals surface area contributed by atoms with Crippen LogP contribution in [-0.2, 0) is 6.54 Å². The predicted molar refractivity (Wildman–Crippen MR) is 77.5 cm³/mol. The highest BCUT2D eigenvalue weighted by atomic mass is 16.5. The maximum atomic E-state index is 5.23. The minimum atomic E-state index is 0.429. The monoisotopic (exact) mass is 260 g/mol. The first-order chi connectivity index (χ1) is 9.32. The summed E-state index contributed by atoms with van der Waals surface area (Å²) in [5, 5.41) is 3.59. The molecule has 3 rings (SSSR count). The van der Waals surface area contributed by atoms with E-state index in [-0.39, 0.29) is 0 Å². The third kappa shape index (κ3) is 2.63. The topological polar surface area (TPSA) is 24.5 Å². The van der Waals surface area contributed by atoms with E-state index in [1.165, 1.54) is 44.3 Å². The molecule has 0 unspecified atom stereocenters. The van der Waals surface area contributed by atoms with E-state index in [9.17, 15) is 0 Å². The van der Waals surface area contributed by atoms with Crippen molar-refractivity contribution in [1.82, 2.24) is 10.2 Å². The molecule has 0 amide bonds. The number of ether oxygens (including phenoxy) is 1. The molecule has 1 saturated carbocycles. The molecule has 1 aromatic rings. The van der Waals surface area contributed by atoms with Gasteiger partial charge in [0.15, 0.2) is 0 Å². The van der Waals surface area contributed by atoms with E-state index in [0.717, 1.165) is 18.8 Å². The Morgan fingerprint density at radius 2 is 1.95 bits per heavy atom. The van der Waals surface area contributed by atoms with E-state index >= 15 is 0 Å². The van der Waals surface area contributed by atoms with Gasteiger partial charge in [-0.2, -0.15) is 0 Å². The van der Waals surface area contributed by atoms with Gasteiger partial charge in [0, 0.05) is 31.7 Å². The van der Waals surface area contributed by atoms with Crippen LogP contribution in [-0.4, -0.2) is 37.2 Å². The van der Waals surface area contributed by atoms with E-state index in [0.29, 0.717) is 5.54 Å². The summed E-state index contributed by atoms with van der Waals surface area (Å²) in [5.74, 6) is 0.944. The Bertz CT molecular complexity index is 409. The van der Waals surface area contributed by atoms with Gasteiger partial charge in [0.25, 0.3) is 0 Å². The highest BCUT2D eigenvalue weighted by Crippen LogP contribution is 2.37. The van der Waals surface area contributed by atoms with Gasteiger partial charge in [-0.15, -0.1) is 0 Å². The molecule has 1 aliphatic carbocycles. The largest absolute Gasteiger partial charge is 0.497 e. The van der Waals surface area contributed by atoms with Gasteiger partial charge < -0.3 is 10.1 Å². The molecular formula is C16H24N2O. The Hall–Kier alpha value is -1.06. The van der Waals surface area contributed by atoms with Crippen molar-refractivity contribution < 1.29 is 4.74 Å².